The summed E-state index contributed by atoms with van der Waals surface area (Å²) >= 11 is 0. The third kappa shape index (κ3) is 1.21. The first-order valence-corrected chi connectivity index (χ1v) is 4.13. The molecule has 0 aromatic rings. The summed E-state index contributed by atoms with van der Waals surface area (Å²) in [6, 6.07) is 0.0431. The molecule has 1 N–H and O–H groups in total. The van der Waals surface area contributed by atoms with E-state index in [4.69, 9.17) is 9.47 Å². The van der Waals surface area contributed by atoms with E-state index in [1.54, 1.807) is 6.92 Å². The minimum absolute atomic E-state index is 0.0431. The minimum Gasteiger partial charge on any atom is -0.464 e. The van der Waals surface area contributed by atoms with E-state index in [9.17, 15) is 4.79 Å². The van der Waals surface area contributed by atoms with Gasteiger partial charge in [-0.3, -0.25) is 0 Å². The molecule has 1 rings (SSSR count). The molecule has 0 saturated carbocycles. The first-order chi connectivity index (χ1) is 5.67. The third-order valence-corrected chi connectivity index (χ3v) is 2.36. The molecule has 2 unspecified atom stereocenters. The average molecular weight is 173 g/mol. The fourth-order valence-electron chi connectivity index (χ4n) is 1.33. The first kappa shape index (κ1) is 9.48. The van der Waals surface area contributed by atoms with E-state index in [2.05, 4.69) is 5.32 Å². The number of rotatable bonds is 3. The SMILES string of the molecule is CCOC(=O)C1(OC)CNC1C. The summed E-state index contributed by atoms with van der Waals surface area (Å²) in [5.74, 6) is -0.265. The number of hydrogen-bond acceptors (Lipinski definition) is 4. The van der Waals surface area contributed by atoms with Crippen LogP contribution in [0.5, 0.6) is 0 Å². The number of ether oxygens (including phenoxy) is 2. The van der Waals surface area contributed by atoms with Gasteiger partial charge >= 0.3 is 5.97 Å². The van der Waals surface area contributed by atoms with Crippen molar-refractivity contribution in [2.45, 2.75) is 25.5 Å². The molecule has 0 aromatic carbocycles. The van der Waals surface area contributed by atoms with E-state index in [-0.39, 0.29) is 12.0 Å². The van der Waals surface area contributed by atoms with E-state index in [0.29, 0.717) is 13.2 Å². The Morgan fingerprint density at radius 2 is 2.42 bits per heavy atom. The van der Waals surface area contributed by atoms with Gasteiger partial charge in [0.2, 0.25) is 0 Å². The van der Waals surface area contributed by atoms with Gasteiger partial charge in [0.05, 0.1) is 6.61 Å². The molecule has 2 atom stereocenters. The number of hydrogen-bond donors (Lipinski definition) is 1. The average Bonchev–Trinajstić information content (AvgIpc) is 2.04. The maximum atomic E-state index is 11.4. The van der Waals surface area contributed by atoms with Gasteiger partial charge in [0, 0.05) is 19.7 Å². The molecule has 1 heterocycles. The molecule has 0 bridgehead atoms. The summed E-state index contributed by atoms with van der Waals surface area (Å²) in [7, 11) is 1.54. The summed E-state index contributed by atoms with van der Waals surface area (Å²) in [5, 5.41) is 3.06. The Morgan fingerprint density at radius 3 is 2.67 bits per heavy atom. The van der Waals surface area contributed by atoms with E-state index in [1.807, 2.05) is 6.92 Å². The summed E-state index contributed by atoms with van der Waals surface area (Å²) in [4.78, 5) is 11.4. The van der Waals surface area contributed by atoms with Crippen molar-refractivity contribution in [1.82, 2.24) is 5.32 Å². The number of methoxy groups -OCH3 is 1. The van der Waals surface area contributed by atoms with Crippen LogP contribution in [0.25, 0.3) is 0 Å². The number of carbonyl (C=O) groups excluding carboxylic acids is 1. The van der Waals surface area contributed by atoms with Crippen LogP contribution in [0.4, 0.5) is 0 Å². The highest BCUT2D eigenvalue weighted by atomic mass is 16.6. The van der Waals surface area contributed by atoms with Crippen molar-refractivity contribution in [2.24, 2.45) is 0 Å². The monoisotopic (exact) mass is 173 g/mol. The highest BCUT2D eigenvalue weighted by molar-refractivity contribution is 5.82. The lowest BCUT2D eigenvalue weighted by molar-refractivity contribution is -0.182. The van der Waals surface area contributed by atoms with Crippen molar-refractivity contribution in [3.8, 4) is 0 Å². The number of carbonyl (C=O) groups is 1. The van der Waals surface area contributed by atoms with Crippen LogP contribution < -0.4 is 5.32 Å². The van der Waals surface area contributed by atoms with Crippen LogP contribution >= 0.6 is 0 Å². The molecule has 1 aliphatic rings. The van der Waals surface area contributed by atoms with Crippen LogP contribution in [0, 0.1) is 0 Å². The van der Waals surface area contributed by atoms with Gasteiger partial charge in [-0.1, -0.05) is 0 Å². The van der Waals surface area contributed by atoms with Gasteiger partial charge in [0.25, 0.3) is 0 Å². The molecule has 1 saturated heterocycles. The van der Waals surface area contributed by atoms with Crippen LogP contribution in [0.2, 0.25) is 0 Å². The predicted octanol–water partition coefficient (Wildman–Crippen LogP) is -0.0736. The molecule has 1 fully saturated rings. The molecule has 0 radical (unpaired) electrons. The van der Waals surface area contributed by atoms with Crippen molar-refractivity contribution in [3.63, 3.8) is 0 Å². The topological polar surface area (TPSA) is 47.6 Å². The second-order valence-electron chi connectivity index (χ2n) is 2.92. The van der Waals surface area contributed by atoms with E-state index < -0.39 is 5.60 Å². The Labute approximate surface area is 72.2 Å². The summed E-state index contributed by atoms with van der Waals surface area (Å²) in [5.41, 5.74) is -0.740. The van der Waals surface area contributed by atoms with Gasteiger partial charge in [-0.25, -0.2) is 4.79 Å². The summed E-state index contributed by atoms with van der Waals surface area (Å²) < 4.78 is 10.1. The minimum atomic E-state index is -0.740. The lowest BCUT2D eigenvalue weighted by Crippen LogP contribution is -2.71. The molecule has 4 nitrogen and oxygen atoms in total. The van der Waals surface area contributed by atoms with Crippen molar-refractivity contribution in [3.05, 3.63) is 0 Å². The van der Waals surface area contributed by atoms with Crippen LogP contribution in [0.15, 0.2) is 0 Å². The van der Waals surface area contributed by atoms with Crippen LogP contribution in [0.3, 0.4) is 0 Å². The molecule has 0 aromatic heterocycles. The maximum Gasteiger partial charge on any atom is 0.341 e. The van der Waals surface area contributed by atoms with Gasteiger partial charge in [-0.2, -0.15) is 0 Å². The second-order valence-corrected chi connectivity index (χ2v) is 2.92. The largest absolute Gasteiger partial charge is 0.464 e. The van der Waals surface area contributed by atoms with E-state index in [0.717, 1.165) is 0 Å². The fourth-order valence-corrected chi connectivity index (χ4v) is 1.33. The van der Waals surface area contributed by atoms with Gasteiger partial charge in [-0.15, -0.1) is 0 Å². The molecular formula is C8H15NO3. The number of nitrogens with one attached hydrogen (secondary N) is 1. The highest BCUT2D eigenvalue weighted by Gasteiger charge is 2.52. The summed E-state index contributed by atoms with van der Waals surface area (Å²) in [6.45, 7) is 4.64. The molecule has 4 heteroatoms. The quantitative estimate of drug-likeness (QED) is 0.607. The molecule has 70 valence electrons. The van der Waals surface area contributed by atoms with Crippen LogP contribution in [-0.4, -0.2) is 37.9 Å². The van der Waals surface area contributed by atoms with Gasteiger partial charge in [0.1, 0.15) is 0 Å². The Bertz CT molecular complexity index is 179. The molecule has 0 spiro atoms. The van der Waals surface area contributed by atoms with Crippen molar-refractivity contribution in [2.75, 3.05) is 20.3 Å². The Hall–Kier alpha value is -0.610. The van der Waals surface area contributed by atoms with Crippen molar-refractivity contribution >= 4 is 5.97 Å². The third-order valence-electron chi connectivity index (χ3n) is 2.36. The predicted molar refractivity (Wildman–Crippen MR) is 43.8 cm³/mol. The molecule has 1 aliphatic heterocycles. The zero-order chi connectivity index (χ0) is 9.19. The smallest absolute Gasteiger partial charge is 0.341 e. The summed E-state index contributed by atoms with van der Waals surface area (Å²) in [6.07, 6.45) is 0. The van der Waals surface area contributed by atoms with Gasteiger partial charge < -0.3 is 14.8 Å². The first-order valence-electron chi connectivity index (χ1n) is 4.13. The molecule has 0 aliphatic carbocycles. The number of esters is 1. The zero-order valence-electron chi connectivity index (χ0n) is 7.72. The Kier molecular flexibility index (Phi) is 2.69. The van der Waals surface area contributed by atoms with Crippen molar-refractivity contribution < 1.29 is 14.3 Å². The fraction of sp³-hybridized carbons (Fsp3) is 0.875. The van der Waals surface area contributed by atoms with Crippen LogP contribution in [0.1, 0.15) is 13.8 Å². The standard InChI is InChI=1S/C8H15NO3/c1-4-12-7(10)8(11-3)5-9-6(8)2/h6,9H,4-5H2,1-3H3. The molecule has 12 heavy (non-hydrogen) atoms. The lowest BCUT2D eigenvalue weighted by Gasteiger charge is -2.44. The second kappa shape index (κ2) is 3.41. The van der Waals surface area contributed by atoms with E-state index in [1.165, 1.54) is 7.11 Å². The Morgan fingerprint density at radius 1 is 1.75 bits per heavy atom. The van der Waals surface area contributed by atoms with Crippen molar-refractivity contribution in [1.29, 1.82) is 0 Å². The molecule has 0 amide bonds. The zero-order valence-corrected chi connectivity index (χ0v) is 7.72. The van der Waals surface area contributed by atoms with Gasteiger partial charge in [0.15, 0.2) is 5.60 Å². The van der Waals surface area contributed by atoms with E-state index >= 15 is 0 Å². The van der Waals surface area contributed by atoms with Gasteiger partial charge in [-0.05, 0) is 13.8 Å². The lowest BCUT2D eigenvalue weighted by atomic mass is 9.87. The Balaban J connectivity index is 2.61. The molecular weight excluding hydrogens is 158 g/mol. The van der Waals surface area contributed by atoms with Crippen LogP contribution in [-0.2, 0) is 14.3 Å². The normalized spacial score (nSPS) is 34.1. The highest BCUT2D eigenvalue weighted by Crippen LogP contribution is 2.24. The maximum absolute atomic E-state index is 11.4.